The first kappa shape index (κ1) is 21.6. The van der Waals surface area contributed by atoms with Crippen LogP contribution in [0.15, 0.2) is 66.7 Å². The first-order chi connectivity index (χ1) is 15.1. The minimum atomic E-state index is 0.0158. The average molecular weight is 415 g/mol. The summed E-state index contributed by atoms with van der Waals surface area (Å²) in [6.07, 6.45) is 6.26. The standard InChI is InChI=1S/C28H34N2O/c1-20(27-13-7-10-24-8-4-6-12-28(24)27)30-26-11-5-3-9-25(18-26)23-16-14-22(15-17-23)19-29-21(2)31/h4,6-8,10,12-17,20,25-26,30H,3,5,9,11,18-19H2,1-2H3,(H,29,31). The number of hydrogen-bond donors (Lipinski definition) is 2. The predicted molar refractivity (Wildman–Crippen MR) is 129 cm³/mol. The zero-order chi connectivity index (χ0) is 21.6. The second-order valence-electron chi connectivity index (χ2n) is 9.02. The monoisotopic (exact) mass is 414 g/mol. The summed E-state index contributed by atoms with van der Waals surface area (Å²) in [7, 11) is 0. The molecule has 3 nitrogen and oxygen atoms in total. The summed E-state index contributed by atoms with van der Waals surface area (Å²) in [5, 5.41) is 9.51. The van der Waals surface area contributed by atoms with E-state index in [1.54, 1.807) is 6.92 Å². The van der Waals surface area contributed by atoms with Crippen LogP contribution >= 0.6 is 0 Å². The molecule has 0 radical (unpaired) electrons. The Bertz CT molecular complexity index is 1010. The summed E-state index contributed by atoms with van der Waals surface area (Å²) < 4.78 is 0. The van der Waals surface area contributed by atoms with E-state index in [2.05, 4.69) is 84.3 Å². The van der Waals surface area contributed by atoms with Crippen LogP contribution in [-0.2, 0) is 11.3 Å². The molecule has 2 N–H and O–H groups in total. The van der Waals surface area contributed by atoms with E-state index in [0.29, 0.717) is 24.5 Å². The fourth-order valence-corrected chi connectivity index (χ4v) is 5.02. The van der Waals surface area contributed by atoms with Gasteiger partial charge in [-0.15, -0.1) is 0 Å². The van der Waals surface area contributed by atoms with Crippen LogP contribution in [0.5, 0.6) is 0 Å². The third-order valence-electron chi connectivity index (χ3n) is 6.69. The fourth-order valence-electron chi connectivity index (χ4n) is 5.02. The number of carbonyl (C=O) groups is 1. The maximum atomic E-state index is 11.2. The van der Waals surface area contributed by atoms with Gasteiger partial charge in [0.25, 0.3) is 0 Å². The van der Waals surface area contributed by atoms with E-state index < -0.39 is 0 Å². The molecule has 3 aromatic carbocycles. The van der Waals surface area contributed by atoms with E-state index >= 15 is 0 Å². The van der Waals surface area contributed by atoms with E-state index in [0.717, 1.165) is 5.56 Å². The van der Waals surface area contributed by atoms with Crippen molar-refractivity contribution in [1.29, 1.82) is 0 Å². The lowest BCUT2D eigenvalue weighted by Crippen LogP contribution is -2.32. The molecule has 3 heteroatoms. The molecule has 1 aliphatic rings. The average Bonchev–Trinajstić information content (AvgIpc) is 3.03. The Labute approximate surface area is 186 Å². The summed E-state index contributed by atoms with van der Waals surface area (Å²) in [6, 6.07) is 25.0. The van der Waals surface area contributed by atoms with Crippen molar-refractivity contribution in [3.63, 3.8) is 0 Å². The van der Waals surface area contributed by atoms with Crippen LogP contribution in [0, 0.1) is 0 Å². The van der Waals surface area contributed by atoms with Gasteiger partial charge in [-0.25, -0.2) is 0 Å². The molecule has 1 amide bonds. The zero-order valence-corrected chi connectivity index (χ0v) is 18.7. The molecule has 4 rings (SSSR count). The maximum Gasteiger partial charge on any atom is 0.217 e. The molecule has 0 aliphatic heterocycles. The van der Waals surface area contributed by atoms with Gasteiger partial charge in [0.1, 0.15) is 0 Å². The smallest absolute Gasteiger partial charge is 0.217 e. The number of nitrogens with one attached hydrogen (secondary N) is 2. The molecule has 0 aromatic heterocycles. The Kier molecular flexibility index (Phi) is 7.03. The van der Waals surface area contributed by atoms with E-state index in [-0.39, 0.29) is 5.91 Å². The fraction of sp³-hybridized carbons (Fsp3) is 0.393. The predicted octanol–water partition coefficient (Wildman–Crippen LogP) is 6.24. The maximum absolute atomic E-state index is 11.2. The molecule has 1 aliphatic carbocycles. The van der Waals surface area contributed by atoms with Gasteiger partial charge < -0.3 is 10.6 Å². The van der Waals surface area contributed by atoms with Crippen LogP contribution in [0.3, 0.4) is 0 Å². The van der Waals surface area contributed by atoms with Crippen LogP contribution in [0.1, 0.15) is 74.6 Å². The molecule has 0 heterocycles. The lowest BCUT2D eigenvalue weighted by molar-refractivity contribution is -0.119. The zero-order valence-electron chi connectivity index (χ0n) is 18.7. The Balaban J connectivity index is 1.44. The summed E-state index contributed by atoms with van der Waals surface area (Å²) in [4.78, 5) is 11.2. The van der Waals surface area contributed by atoms with E-state index in [1.807, 2.05) is 0 Å². The first-order valence-electron chi connectivity index (χ1n) is 11.7. The largest absolute Gasteiger partial charge is 0.352 e. The minimum absolute atomic E-state index is 0.0158. The third kappa shape index (κ3) is 5.54. The normalized spacial score (nSPS) is 20.2. The van der Waals surface area contributed by atoms with Crippen molar-refractivity contribution in [3.05, 3.63) is 83.4 Å². The molecule has 0 spiro atoms. The van der Waals surface area contributed by atoms with Gasteiger partial charge in [-0.05, 0) is 59.6 Å². The molecule has 0 saturated heterocycles. The molecule has 3 aromatic rings. The van der Waals surface area contributed by atoms with Crippen LogP contribution < -0.4 is 10.6 Å². The van der Waals surface area contributed by atoms with Crippen molar-refractivity contribution < 1.29 is 4.79 Å². The van der Waals surface area contributed by atoms with Crippen molar-refractivity contribution >= 4 is 16.7 Å². The van der Waals surface area contributed by atoms with Crippen LogP contribution in [0.2, 0.25) is 0 Å². The number of rotatable bonds is 6. The van der Waals surface area contributed by atoms with Gasteiger partial charge >= 0.3 is 0 Å². The SMILES string of the molecule is CC(=O)NCc1ccc(C2CCCCC(NC(C)c3cccc4ccccc34)C2)cc1. The van der Waals surface area contributed by atoms with E-state index in [4.69, 9.17) is 0 Å². The number of hydrogen-bond acceptors (Lipinski definition) is 2. The highest BCUT2D eigenvalue weighted by atomic mass is 16.1. The molecule has 162 valence electrons. The van der Waals surface area contributed by atoms with Gasteiger partial charge in [-0.1, -0.05) is 79.6 Å². The Morgan fingerprint density at radius 1 is 0.968 bits per heavy atom. The van der Waals surface area contributed by atoms with E-state index in [1.165, 1.54) is 54.0 Å². The lowest BCUT2D eigenvalue weighted by Gasteiger charge is -2.26. The Morgan fingerprint density at radius 2 is 1.71 bits per heavy atom. The molecule has 0 bridgehead atoms. The van der Waals surface area contributed by atoms with Gasteiger partial charge in [-0.2, -0.15) is 0 Å². The highest BCUT2D eigenvalue weighted by molar-refractivity contribution is 5.86. The van der Waals surface area contributed by atoms with Crippen LogP contribution in [0.25, 0.3) is 10.8 Å². The van der Waals surface area contributed by atoms with E-state index in [9.17, 15) is 4.79 Å². The number of fused-ring (bicyclic) bond motifs is 1. The summed E-state index contributed by atoms with van der Waals surface area (Å²) in [5.74, 6) is 0.608. The molecular formula is C28H34N2O. The summed E-state index contributed by atoms with van der Waals surface area (Å²) in [6.45, 7) is 4.47. The molecule has 1 fully saturated rings. The number of carbonyl (C=O) groups excluding carboxylic acids is 1. The highest BCUT2D eigenvalue weighted by Crippen LogP contribution is 2.33. The third-order valence-corrected chi connectivity index (χ3v) is 6.69. The molecule has 31 heavy (non-hydrogen) atoms. The summed E-state index contributed by atoms with van der Waals surface area (Å²) >= 11 is 0. The van der Waals surface area contributed by atoms with Crippen molar-refractivity contribution in [1.82, 2.24) is 10.6 Å². The lowest BCUT2D eigenvalue weighted by atomic mass is 9.89. The van der Waals surface area contributed by atoms with Crippen LogP contribution in [-0.4, -0.2) is 11.9 Å². The van der Waals surface area contributed by atoms with Gasteiger partial charge in [-0.3, -0.25) is 4.79 Å². The van der Waals surface area contributed by atoms with Crippen molar-refractivity contribution in [2.45, 2.75) is 70.5 Å². The highest BCUT2D eigenvalue weighted by Gasteiger charge is 2.23. The summed E-state index contributed by atoms with van der Waals surface area (Å²) in [5.41, 5.74) is 3.98. The molecule has 3 unspecified atom stereocenters. The van der Waals surface area contributed by atoms with Crippen molar-refractivity contribution in [2.75, 3.05) is 0 Å². The first-order valence-corrected chi connectivity index (χ1v) is 11.7. The number of amides is 1. The second-order valence-corrected chi connectivity index (χ2v) is 9.02. The van der Waals surface area contributed by atoms with Crippen molar-refractivity contribution in [2.24, 2.45) is 0 Å². The van der Waals surface area contributed by atoms with Gasteiger partial charge in [0, 0.05) is 25.6 Å². The van der Waals surface area contributed by atoms with Gasteiger partial charge in [0.2, 0.25) is 5.91 Å². The molecule has 3 atom stereocenters. The Morgan fingerprint density at radius 3 is 2.52 bits per heavy atom. The van der Waals surface area contributed by atoms with Crippen molar-refractivity contribution in [3.8, 4) is 0 Å². The van der Waals surface area contributed by atoms with Gasteiger partial charge in [0.15, 0.2) is 0 Å². The topological polar surface area (TPSA) is 41.1 Å². The second kappa shape index (κ2) is 10.1. The van der Waals surface area contributed by atoms with Gasteiger partial charge in [0.05, 0.1) is 0 Å². The molecular weight excluding hydrogens is 380 g/mol. The minimum Gasteiger partial charge on any atom is -0.352 e. The quantitative estimate of drug-likeness (QED) is 0.469. The molecule has 1 saturated carbocycles. The van der Waals surface area contributed by atoms with Crippen LogP contribution in [0.4, 0.5) is 0 Å². The number of benzene rings is 3. The Hall–Kier alpha value is -2.65.